The third kappa shape index (κ3) is 4.73. The van der Waals surface area contributed by atoms with Crippen molar-refractivity contribution in [1.82, 2.24) is 9.80 Å². The highest BCUT2D eigenvalue weighted by molar-refractivity contribution is 6.33. The molecule has 0 aromatic heterocycles. The van der Waals surface area contributed by atoms with Crippen molar-refractivity contribution in [3.63, 3.8) is 0 Å². The first-order valence-corrected chi connectivity index (χ1v) is 9.42. The summed E-state index contributed by atoms with van der Waals surface area (Å²) in [5, 5.41) is 0.505. The summed E-state index contributed by atoms with van der Waals surface area (Å²) in [6.45, 7) is 4.19. The van der Waals surface area contributed by atoms with Crippen molar-refractivity contribution in [1.29, 1.82) is 0 Å². The molecule has 0 aliphatic carbocycles. The number of benzene rings is 1. The zero-order valence-electron chi connectivity index (χ0n) is 14.5. The summed E-state index contributed by atoms with van der Waals surface area (Å²) >= 11 is 6.13. The van der Waals surface area contributed by atoms with E-state index in [0.29, 0.717) is 49.2 Å². The number of morpholine rings is 1. The monoisotopic (exact) mass is 364 g/mol. The molecule has 1 aromatic carbocycles. The summed E-state index contributed by atoms with van der Waals surface area (Å²) in [6.07, 6.45) is 3.41. The molecule has 0 unspecified atom stereocenters. The molecule has 5 nitrogen and oxygen atoms in total. The van der Waals surface area contributed by atoms with Gasteiger partial charge in [0.05, 0.1) is 23.8 Å². The number of piperidine rings is 1. The van der Waals surface area contributed by atoms with Crippen LogP contribution in [-0.2, 0) is 9.53 Å². The van der Waals surface area contributed by atoms with Crippen LogP contribution in [-0.4, -0.2) is 61.0 Å². The van der Waals surface area contributed by atoms with Gasteiger partial charge in [-0.2, -0.15) is 0 Å². The van der Waals surface area contributed by atoms with E-state index >= 15 is 0 Å². The number of hydrogen-bond donors (Lipinski definition) is 0. The number of hydrogen-bond acceptors (Lipinski definition) is 3. The lowest BCUT2D eigenvalue weighted by Gasteiger charge is -2.33. The molecule has 2 aliphatic heterocycles. The minimum atomic E-state index is 0.00782. The van der Waals surface area contributed by atoms with E-state index in [2.05, 4.69) is 0 Å². The molecule has 2 fully saturated rings. The Morgan fingerprint density at radius 1 is 1.04 bits per heavy atom. The highest BCUT2D eigenvalue weighted by Crippen LogP contribution is 2.25. The molecule has 0 saturated carbocycles. The number of amides is 2. The van der Waals surface area contributed by atoms with Crippen molar-refractivity contribution in [2.75, 3.05) is 39.4 Å². The van der Waals surface area contributed by atoms with Gasteiger partial charge in [-0.05, 0) is 37.3 Å². The van der Waals surface area contributed by atoms with Gasteiger partial charge in [0.15, 0.2) is 0 Å². The van der Waals surface area contributed by atoms with E-state index in [0.717, 1.165) is 32.4 Å². The number of halogens is 1. The third-order valence-corrected chi connectivity index (χ3v) is 5.47. The minimum Gasteiger partial charge on any atom is -0.378 e. The first kappa shape index (κ1) is 18.2. The molecule has 2 saturated heterocycles. The van der Waals surface area contributed by atoms with Gasteiger partial charge in [-0.15, -0.1) is 0 Å². The molecule has 0 N–H and O–H groups in total. The van der Waals surface area contributed by atoms with Gasteiger partial charge in [-0.1, -0.05) is 23.7 Å². The van der Waals surface area contributed by atoms with Crippen LogP contribution in [0.5, 0.6) is 0 Å². The number of carbonyl (C=O) groups excluding carboxylic acids is 2. The Balaban J connectivity index is 1.43. The number of nitrogens with zero attached hydrogens (tertiary/aromatic N) is 2. The SMILES string of the molecule is O=C(CCC1CCN(C(=O)c2ccccc2Cl)CC1)N1CCOCC1. The number of ether oxygens (including phenoxy) is 1. The second-order valence-electron chi connectivity index (χ2n) is 6.75. The molecule has 3 rings (SSSR count). The maximum atomic E-state index is 12.6. The van der Waals surface area contributed by atoms with E-state index in [9.17, 15) is 9.59 Å². The maximum absolute atomic E-state index is 12.6. The molecule has 2 amide bonds. The number of rotatable bonds is 4. The molecule has 0 bridgehead atoms. The molecule has 2 heterocycles. The lowest BCUT2D eigenvalue weighted by Crippen LogP contribution is -2.41. The lowest BCUT2D eigenvalue weighted by atomic mass is 9.91. The highest BCUT2D eigenvalue weighted by Gasteiger charge is 2.26. The molecule has 25 heavy (non-hydrogen) atoms. The fourth-order valence-electron chi connectivity index (χ4n) is 3.53. The van der Waals surface area contributed by atoms with E-state index in [1.807, 2.05) is 21.9 Å². The normalized spacial score (nSPS) is 19.1. The van der Waals surface area contributed by atoms with Gasteiger partial charge < -0.3 is 14.5 Å². The summed E-state index contributed by atoms with van der Waals surface area (Å²) in [4.78, 5) is 28.6. The summed E-state index contributed by atoms with van der Waals surface area (Å²) in [6, 6.07) is 7.19. The molecule has 0 spiro atoms. The van der Waals surface area contributed by atoms with Crippen molar-refractivity contribution in [2.45, 2.75) is 25.7 Å². The largest absolute Gasteiger partial charge is 0.378 e. The first-order chi connectivity index (χ1) is 12.1. The maximum Gasteiger partial charge on any atom is 0.255 e. The second kappa shape index (κ2) is 8.68. The predicted octanol–water partition coefficient (Wildman–Crippen LogP) is 2.83. The Labute approximate surface area is 153 Å². The van der Waals surface area contributed by atoms with E-state index in [1.165, 1.54) is 0 Å². The fourth-order valence-corrected chi connectivity index (χ4v) is 3.74. The fraction of sp³-hybridized carbons (Fsp3) is 0.579. The van der Waals surface area contributed by atoms with Crippen molar-refractivity contribution >= 4 is 23.4 Å². The van der Waals surface area contributed by atoms with Crippen LogP contribution in [0.3, 0.4) is 0 Å². The Morgan fingerprint density at radius 3 is 2.40 bits per heavy atom. The van der Waals surface area contributed by atoms with E-state index in [1.54, 1.807) is 12.1 Å². The van der Waals surface area contributed by atoms with Crippen LogP contribution in [0.2, 0.25) is 5.02 Å². The summed E-state index contributed by atoms with van der Waals surface area (Å²) in [5.74, 6) is 0.756. The predicted molar refractivity (Wildman–Crippen MR) is 96.7 cm³/mol. The molecular weight excluding hydrogens is 340 g/mol. The number of carbonyl (C=O) groups is 2. The quantitative estimate of drug-likeness (QED) is 0.825. The van der Waals surface area contributed by atoms with Crippen LogP contribution in [0, 0.1) is 5.92 Å². The van der Waals surface area contributed by atoms with Crippen LogP contribution in [0.4, 0.5) is 0 Å². The summed E-state index contributed by atoms with van der Waals surface area (Å²) in [5.41, 5.74) is 0.574. The molecule has 0 radical (unpaired) electrons. The van der Waals surface area contributed by atoms with Crippen molar-refractivity contribution in [3.05, 3.63) is 34.9 Å². The van der Waals surface area contributed by atoms with E-state index < -0.39 is 0 Å². The average molecular weight is 365 g/mol. The zero-order valence-corrected chi connectivity index (χ0v) is 15.2. The Morgan fingerprint density at radius 2 is 1.72 bits per heavy atom. The van der Waals surface area contributed by atoms with Crippen LogP contribution in [0.15, 0.2) is 24.3 Å². The molecule has 0 atom stereocenters. The molecule has 136 valence electrons. The molecule has 2 aliphatic rings. The topological polar surface area (TPSA) is 49.9 Å². The van der Waals surface area contributed by atoms with Gasteiger partial charge in [-0.25, -0.2) is 0 Å². The molecular formula is C19H25ClN2O3. The summed E-state index contributed by atoms with van der Waals surface area (Å²) < 4.78 is 5.28. The molecule has 6 heteroatoms. The Bertz CT molecular complexity index is 608. The van der Waals surface area contributed by atoms with Gasteiger partial charge in [0.25, 0.3) is 5.91 Å². The van der Waals surface area contributed by atoms with Crippen LogP contribution in [0.25, 0.3) is 0 Å². The standard InChI is InChI=1S/C19H25ClN2O3/c20-17-4-2-1-3-16(17)19(24)22-9-7-15(8-10-22)5-6-18(23)21-11-13-25-14-12-21/h1-4,15H,5-14H2. The highest BCUT2D eigenvalue weighted by atomic mass is 35.5. The molecule has 1 aromatic rings. The zero-order chi connectivity index (χ0) is 17.6. The van der Waals surface area contributed by atoms with Crippen molar-refractivity contribution in [2.24, 2.45) is 5.92 Å². The lowest BCUT2D eigenvalue weighted by molar-refractivity contribution is -0.135. The van der Waals surface area contributed by atoms with E-state index in [4.69, 9.17) is 16.3 Å². The van der Waals surface area contributed by atoms with Crippen molar-refractivity contribution < 1.29 is 14.3 Å². The van der Waals surface area contributed by atoms with E-state index in [-0.39, 0.29) is 11.8 Å². The van der Waals surface area contributed by atoms with Gasteiger partial charge in [0.1, 0.15) is 0 Å². The minimum absolute atomic E-state index is 0.00782. The second-order valence-corrected chi connectivity index (χ2v) is 7.15. The van der Waals surface area contributed by atoms with Crippen LogP contribution < -0.4 is 0 Å². The Kier molecular flexibility index (Phi) is 6.32. The smallest absolute Gasteiger partial charge is 0.255 e. The summed E-state index contributed by atoms with van der Waals surface area (Å²) in [7, 11) is 0. The average Bonchev–Trinajstić information content (AvgIpc) is 2.67. The van der Waals surface area contributed by atoms with Gasteiger partial charge in [-0.3, -0.25) is 9.59 Å². The first-order valence-electron chi connectivity index (χ1n) is 9.04. The van der Waals surface area contributed by atoms with Gasteiger partial charge >= 0.3 is 0 Å². The van der Waals surface area contributed by atoms with Gasteiger partial charge in [0.2, 0.25) is 5.91 Å². The van der Waals surface area contributed by atoms with Crippen molar-refractivity contribution in [3.8, 4) is 0 Å². The third-order valence-electron chi connectivity index (χ3n) is 5.14. The van der Waals surface area contributed by atoms with Gasteiger partial charge in [0, 0.05) is 32.6 Å². The Hall–Kier alpha value is -1.59. The van der Waals surface area contributed by atoms with Crippen LogP contribution >= 0.6 is 11.6 Å². The number of likely N-dealkylation sites (tertiary alicyclic amines) is 1. The van der Waals surface area contributed by atoms with Crippen LogP contribution in [0.1, 0.15) is 36.0 Å².